The lowest BCUT2D eigenvalue weighted by molar-refractivity contribution is -0.139. The largest absolute Gasteiger partial charge is 0.346 e. The van der Waals surface area contributed by atoms with Gasteiger partial charge in [0.1, 0.15) is 0 Å². The van der Waals surface area contributed by atoms with Crippen LogP contribution in [0.4, 0.5) is 0 Å². The lowest BCUT2D eigenvalue weighted by atomic mass is 10.1. The molecule has 5 nitrogen and oxygen atoms in total. The zero-order valence-electron chi connectivity index (χ0n) is 11.2. The molecule has 1 saturated carbocycles. The Balaban J connectivity index is 1.84. The first kappa shape index (κ1) is 14.0. The van der Waals surface area contributed by atoms with Gasteiger partial charge < -0.3 is 15.5 Å². The molecule has 2 amide bonds. The van der Waals surface area contributed by atoms with Crippen LogP contribution in [0.25, 0.3) is 0 Å². The highest BCUT2D eigenvalue weighted by Gasteiger charge is 2.26. The van der Waals surface area contributed by atoms with Crippen LogP contribution in [-0.2, 0) is 9.59 Å². The van der Waals surface area contributed by atoms with E-state index >= 15 is 0 Å². The van der Waals surface area contributed by atoms with Gasteiger partial charge in [0.15, 0.2) is 0 Å². The summed E-state index contributed by atoms with van der Waals surface area (Å²) in [6.45, 7) is 0.431. The summed E-state index contributed by atoms with van der Waals surface area (Å²) >= 11 is 1.62. The minimum absolute atomic E-state index is 0.0870. The number of hydrogen-bond donors (Lipinski definition) is 2. The normalized spacial score (nSPS) is 16.2. The third-order valence-corrected chi connectivity index (χ3v) is 3.83. The summed E-state index contributed by atoms with van der Waals surface area (Å²) < 4.78 is 0. The number of hydrogen-bond acceptors (Lipinski definition) is 4. The summed E-state index contributed by atoms with van der Waals surface area (Å²) in [5, 5.41) is 9.44. The van der Waals surface area contributed by atoms with Gasteiger partial charge in [-0.15, -0.1) is 0 Å². The maximum atomic E-state index is 11.7. The van der Waals surface area contributed by atoms with Gasteiger partial charge in [0, 0.05) is 12.6 Å². The van der Waals surface area contributed by atoms with E-state index < -0.39 is 11.8 Å². The van der Waals surface area contributed by atoms with Crippen LogP contribution in [-0.4, -0.2) is 43.4 Å². The molecular weight excluding hydrogens is 262 g/mol. The zero-order chi connectivity index (χ0) is 13.8. The van der Waals surface area contributed by atoms with Gasteiger partial charge in [0.25, 0.3) is 0 Å². The van der Waals surface area contributed by atoms with Gasteiger partial charge in [-0.05, 0) is 49.3 Å². The van der Waals surface area contributed by atoms with Crippen molar-refractivity contribution in [2.24, 2.45) is 0 Å². The molecule has 0 radical (unpaired) electrons. The molecule has 104 valence electrons. The van der Waals surface area contributed by atoms with Crippen molar-refractivity contribution >= 4 is 23.2 Å². The summed E-state index contributed by atoms with van der Waals surface area (Å²) in [7, 11) is 3.91. The topological polar surface area (TPSA) is 61.4 Å². The third-order valence-electron chi connectivity index (χ3n) is 3.13. The predicted octanol–water partition coefficient (Wildman–Crippen LogP) is 0.746. The number of nitrogens with zero attached hydrogens (tertiary/aromatic N) is 1. The highest BCUT2D eigenvalue weighted by Crippen LogP contribution is 2.20. The number of rotatable bonds is 5. The SMILES string of the molecule is CN(C)[C@@H](CNC(=O)C(=O)NC1CC1)c1ccsc1. The zero-order valence-corrected chi connectivity index (χ0v) is 12.0. The fourth-order valence-corrected chi connectivity index (χ4v) is 2.52. The van der Waals surface area contributed by atoms with Gasteiger partial charge >= 0.3 is 11.8 Å². The van der Waals surface area contributed by atoms with Crippen molar-refractivity contribution in [3.63, 3.8) is 0 Å². The van der Waals surface area contributed by atoms with Gasteiger partial charge in [-0.3, -0.25) is 9.59 Å². The number of carbonyl (C=O) groups excluding carboxylic acids is 2. The quantitative estimate of drug-likeness (QED) is 0.783. The average Bonchev–Trinajstić information content (AvgIpc) is 3.01. The Kier molecular flexibility index (Phi) is 4.55. The molecule has 2 N–H and O–H groups in total. The molecule has 1 aromatic heterocycles. The van der Waals surface area contributed by atoms with E-state index in [0.29, 0.717) is 6.54 Å². The van der Waals surface area contributed by atoms with Gasteiger partial charge in [-0.2, -0.15) is 11.3 Å². The van der Waals surface area contributed by atoms with E-state index in [1.54, 1.807) is 11.3 Å². The average molecular weight is 281 g/mol. The lowest BCUT2D eigenvalue weighted by Gasteiger charge is -2.23. The Labute approximate surface area is 117 Å². The van der Waals surface area contributed by atoms with Crippen molar-refractivity contribution in [3.05, 3.63) is 22.4 Å². The summed E-state index contributed by atoms with van der Waals surface area (Å²) in [6, 6.07) is 2.33. The molecule has 19 heavy (non-hydrogen) atoms. The van der Waals surface area contributed by atoms with Crippen LogP contribution in [0.15, 0.2) is 16.8 Å². The van der Waals surface area contributed by atoms with Gasteiger partial charge in [-0.25, -0.2) is 0 Å². The molecule has 2 rings (SSSR count). The third kappa shape index (κ3) is 4.04. The van der Waals surface area contributed by atoms with Crippen LogP contribution in [0, 0.1) is 0 Å². The second kappa shape index (κ2) is 6.16. The maximum Gasteiger partial charge on any atom is 0.309 e. The predicted molar refractivity (Wildman–Crippen MR) is 74.9 cm³/mol. The number of carbonyl (C=O) groups is 2. The van der Waals surface area contributed by atoms with Crippen molar-refractivity contribution in [3.8, 4) is 0 Å². The van der Waals surface area contributed by atoms with E-state index in [-0.39, 0.29) is 12.1 Å². The van der Waals surface area contributed by atoms with Crippen LogP contribution in [0.2, 0.25) is 0 Å². The molecule has 6 heteroatoms. The smallest absolute Gasteiger partial charge is 0.309 e. The molecule has 0 bridgehead atoms. The molecule has 1 heterocycles. The standard InChI is InChI=1S/C13H19N3O2S/c1-16(2)11(9-5-6-19-8-9)7-14-12(17)13(18)15-10-3-4-10/h5-6,8,10-11H,3-4,7H2,1-2H3,(H,14,17)(H,15,18)/t11-/m0/s1. The van der Waals surface area contributed by atoms with E-state index in [1.165, 1.54) is 0 Å². The molecule has 0 aliphatic heterocycles. The van der Waals surface area contributed by atoms with Crippen LogP contribution >= 0.6 is 11.3 Å². The van der Waals surface area contributed by atoms with Crippen LogP contribution in [0.5, 0.6) is 0 Å². The molecular formula is C13H19N3O2S. The number of nitrogens with one attached hydrogen (secondary N) is 2. The van der Waals surface area contributed by atoms with Crippen LogP contribution in [0.1, 0.15) is 24.4 Å². The van der Waals surface area contributed by atoms with Gasteiger partial charge in [0.2, 0.25) is 0 Å². The fraction of sp³-hybridized carbons (Fsp3) is 0.538. The Hall–Kier alpha value is -1.40. The van der Waals surface area contributed by atoms with E-state index in [1.807, 2.05) is 30.4 Å². The highest BCUT2D eigenvalue weighted by atomic mass is 32.1. The number of likely N-dealkylation sites (N-methyl/N-ethyl adjacent to an activating group) is 1. The van der Waals surface area contributed by atoms with E-state index in [2.05, 4.69) is 16.0 Å². The van der Waals surface area contributed by atoms with Gasteiger partial charge in [0.05, 0.1) is 6.04 Å². The molecule has 0 spiro atoms. The first-order chi connectivity index (χ1) is 9.08. The molecule has 1 aliphatic carbocycles. The van der Waals surface area contributed by atoms with Crippen LogP contribution in [0.3, 0.4) is 0 Å². The van der Waals surface area contributed by atoms with E-state index in [9.17, 15) is 9.59 Å². The Morgan fingerprint density at radius 3 is 2.68 bits per heavy atom. The summed E-state index contributed by atoms with van der Waals surface area (Å²) in [5.74, 6) is -1.07. The second-order valence-corrected chi connectivity index (χ2v) is 5.77. The Bertz CT molecular complexity index is 441. The van der Waals surface area contributed by atoms with Crippen molar-refractivity contribution < 1.29 is 9.59 Å². The molecule has 0 aromatic carbocycles. The summed E-state index contributed by atoms with van der Waals surface area (Å²) in [4.78, 5) is 25.2. The first-order valence-corrected chi connectivity index (χ1v) is 7.29. The van der Waals surface area contributed by atoms with Crippen molar-refractivity contribution in [2.75, 3.05) is 20.6 Å². The summed E-state index contributed by atoms with van der Waals surface area (Å²) in [5.41, 5.74) is 1.15. The molecule has 1 aromatic rings. The Morgan fingerprint density at radius 2 is 2.16 bits per heavy atom. The monoisotopic (exact) mass is 281 g/mol. The Morgan fingerprint density at radius 1 is 1.42 bits per heavy atom. The molecule has 1 atom stereocenters. The molecule has 0 saturated heterocycles. The molecule has 1 fully saturated rings. The lowest BCUT2D eigenvalue weighted by Crippen LogP contribution is -2.43. The highest BCUT2D eigenvalue weighted by molar-refractivity contribution is 7.07. The van der Waals surface area contributed by atoms with Crippen molar-refractivity contribution in [1.82, 2.24) is 15.5 Å². The molecule has 0 unspecified atom stereocenters. The van der Waals surface area contributed by atoms with E-state index in [0.717, 1.165) is 18.4 Å². The summed E-state index contributed by atoms with van der Waals surface area (Å²) in [6.07, 6.45) is 1.96. The van der Waals surface area contributed by atoms with Crippen molar-refractivity contribution in [1.29, 1.82) is 0 Å². The minimum Gasteiger partial charge on any atom is -0.346 e. The first-order valence-electron chi connectivity index (χ1n) is 6.35. The maximum absolute atomic E-state index is 11.7. The molecule has 1 aliphatic rings. The van der Waals surface area contributed by atoms with E-state index in [4.69, 9.17) is 0 Å². The number of amides is 2. The van der Waals surface area contributed by atoms with Gasteiger partial charge in [-0.1, -0.05) is 0 Å². The second-order valence-electron chi connectivity index (χ2n) is 4.99. The fourth-order valence-electron chi connectivity index (χ4n) is 1.81. The van der Waals surface area contributed by atoms with Crippen LogP contribution < -0.4 is 10.6 Å². The van der Waals surface area contributed by atoms with Crippen molar-refractivity contribution in [2.45, 2.75) is 24.9 Å². The number of thiophene rings is 1. The minimum atomic E-state index is -0.547.